The molecule has 1 heterocycles. The van der Waals surface area contributed by atoms with E-state index >= 15 is 0 Å². The summed E-state index contributed by atoms with van der Waals surface area (Å²) in [5.74, 6) is -0.659. The molecule has 0 aromatic heterocycles. The number of hydrogen-bond acceptors (Lipinski definition) is 2. The topological polar surface area (TPSA) is 37.4 Å². The maximum Gasteiger partial charge on any atom is 0.260 e. The first-order valence-corrected chi connectivity index (χ1v) is 5.96. The quantitative estimate of drug-likeness (QED) is 0.650. The Labute approximate surface area is 105 Å². The normalized spacial score (nSPS) is 25.7. The Balaban J connectivity index is 2.23. The molecule has 18 heavy (non-hydrogen) atoms. The maximum absolute atomic E-state index is 12.3. The number of allylic oxidation sites excluding steroid dienone is 3. The van der Waals surface area contributed by atoms with Crippen LogP contribution in [0.3, 0.4) is 0 Å². The molecule has 0 radical (unpaired) electrons. The second-order valence-electron chi connectivity index (χ2n) is 4.61. The molecule has 2 atom stereocenters. The van der Waals surface area contributed by atoms with E-state index in [0.29, 0.717) is 5.56 Å². The van der Waals surface area contributed by atoms with Crippen LogP contribution in [-0.4, -0.2) is 23.8 Å². The van der Waals surface area contributed by atoms with Gasteiger partial charge < -0.3 is 0 Å². The van der Waals surface area contributed by atoms with Crippen LogP contribution in [-0.2, 0) is 4.79 Å². The summed E-state index contributed by atoms with van der Waals surface area (Å²) in [6.45, 7) is 0. The SMILES string of the molecule is CN1C(=O)c2ccccc2C2C=CC=CC2C1=O. The number of hydrogen-bond donors (Lipinski definition) is 0. The van der Waals surface area contributed by atoms with E-state index in [0.717, 1.165) is 5.56 Å². The number of carbonyl (C=O) groups excluding carboxylic acids is 2. The van der Waals surface area contributed by atoms with Crippen LogP contribution in [0.1, 0.15) is 21.8 Å². The minimum atomic E-state index is -0.271. The number of amides is 2. The van der Waals surface area contributed by atoms with Crippen LogP contribution in [0.5, 0.6) is 0 Å². The molecule has 0 fully saturated rings. The van der Waals surface area contributed by atoms with Crippen molar-refractivity contribution >= 4 is 11.8 Å². The first-order chi connectivity index (χ1) is 8.70. The third-order valence-electron chi connectivity index (χ3n) is 3.61. The lowest BCUT2D eigenvalue weighted by molar-refractivity contribution is -0.130. The molecule has 0 N–H and O–H groups in total. The van der Waals surface area contributed by atoms with E-state index in [2.05, 4.69) is 0 Å². The van der Waals surface area contributed by atoms with Crippen LogP contribution in [0, 0.1) is 5.92 Å². The van der Waals surface area contributed by atoms with Crippen LogP contribution < -0.4 is 0 Å². The molecule has 3 nitrogen and oxygen atoms in total. The summed E-state index contributed by atoms with van der Waals surface area (Å²) in [4.78, 5) is 25.8. The van der Waals surface area contributed by atoms with Crippen LogP contribution in [0.4, 0.5) is 0 Å². The molecule has 2 aliphatic rings. The van der Waals surface area contributed by atoms with Crippen molar-refractivity contribution < 1.29 is 9.59 Å². The van der Waals surface area contributed by atoms with Crippen molar-refractivity contribution in [1.29, 1.82) is 0 Å². The third-order valence-corrected chi connectivity index (χ3v) is 3.61. The fourth-order valence-electron chi connectivity index (χ4n) is 2.63. The summed E-state index contributed by atoms with van der Waals surface area (Å²) in [6, 6.07) is 7.46. The molecule has 2 unspecified atom stereocenters. The zero-order valence-corrected chi connectivity index (χ0v) is 10.0. The predicted octanol–water partition coefficient (Wildman–Crippen LogP) is 2.12. The van der Waals surface area contributed by atoms with Gasteiger partial charge in [-0.05, 0) is 11.6 Å². The Kier molecular flexibility index (Phi) is 2.40. The smallest absolute Gasteiger partial charge is 0.260 e. The van der Waals surface area contributed by atoms with Gasteiger partial charge in [0.15, 0.2) is 0 Å². The first kappa shape index (κ1) is 11.0. The largest absolute Gasteiger partial charge is 0.281 e. The summed E-state index contributed by atoms with van der Waals surface area (Å²) < 4.78 is 0. The number of nitrogens with zero attached hydrogens (tertiary/aromatic N) is 1. The van der Waals surface area contributed by atoms with Crippen molar-refractivity contribution in [2.75, 3.05) is 7.05 Å². The van der Waals surface area contributed by atoms with Gasteiger partial charge in [0.25, 0.3) is 5.91 Å². The summed E-state index contributed by atoms with van der Waals surface area (Å²) in [7, 11) is 1.55. The van der Waals surface area contributed by atoms with Gasteiger partial charge >= 0.3 is 0 Å². The fraction of sp³-hybridized carbons (Fsp3) is 0.200. The highest BCUT2D eigenvalue weighted by molar-refractivity contribution is 6.08. The van der Waals surface area contributed by atoms with Gasteiger partial charge in [-0.25, -0.2) is 0 Å². The number of benzene rings is 1. The molecule has 2 amide bonds. The van der Waals surface area contributed by atoms with E-state index in [9.17, 15) is 9.59 Å². The molecule has 0 bridgehead atoms. The van der Waals surface area contributed by atoms with E-state index in [4.69, 9.17) is 0 Å². The molecule has 1 aromatic carbocycles. The maximum atomic E-state index is 12.3. The average molecular weight is 239 g/mol. The molecule has 1 aliphatic heterocycles. The third kappa shape index (κ3) is 1.44. The van der Waals surface area contributed by atoms with Gasteiger partial charge in [-0.2, -0.15) is 0 Å². The molecule has 3 heteroatoms. The van der Waals surface area contributed by atoms with Gasteiger partial charge in [0.1, 0.15) is 0 Å². The highest BCUT2D eigenvalue weighted by atomic mass is 16.2. The zero-order valence-electron chi connectivity index (χ0n) is 10.0. The van der Waals surface area contributed by atoms with Crippen LogP contribution in [0.2, 0.25) is 0 Å². The van der Waals surface area contributed by atoms with Gasteiger partial charge in [-0.15, -0.1) is 0 Å². The number of imide groups is 1. The minimum Gasteiger partial charge on any atom is -0.281 e. The minimum absolute atomic E-state index is 0.0346. The van der Waals surface area contributed by atoms with Crippen molar-refractivity contribution in [2.24, 2.45) is 5.92 Å². The Bertz CT molecular complexity index is 586. The van der Waals surface area contributed by atoms with E-state index in [1.807, 2.05) is 42.5 Å². The zero-order chi connectivity index (χ0) is 12.7. The Morgan fingerprint density at radius 2 is 1.67 bits per heavy atom. The van der Waals surface area contributed by atoms with Gasteiger partial charge in [0, 0.05) is 18.5 Å². The van der Waals surface area contributed by atoms with Gasteiger partial charge in [-0.3, -0.25) is 14.5 Å². The molecular weight excluding hydrogens is 226 g/mol. The molecule has 1 aliphatic carbocycles. The Morgan fingerprint density at radius 1 is 1.00 bits per heavy atom. The summed E-state index contributed by atoms with van der Waals surface area (Å²) >= 11 is 0. The van der Waals surface area contributed by atoms with E-state index in [1.165, 1.54) is 4.90 Å². The van der Waals surface area contributed by atoms with E-state index < -0.39 is 0 Å². The van der Waals surface area contributed by atoms with Crippen molar-refractivity contribution in [3.63, 3.8) is 0 Å². The molecule has 3 rings (SSSR count). The second kappa shape index (κ2) is 3.95. The highest BCUT2D eigenvalue weighted by Gasteiger charge is 2.37. The molecular formula is C15H13NO2. The van der Waals surface area contributed by atoms with E-state index in [1.54, 1.807) is 13.1 Å². The van der Waals surface area contributed by atoms with Gasteiger partial charge in [-0.1, -0.05) is 42.5 Å². The molecule has 0 spiro atoms. The summed E-state index contributed by atoms with van der Waals surface area (Å²) in [6.07, 6.45) is 7.67. The molecule has 0 saturated heterocycles. The highest BCUT2D eigenvalue weighted by Crippen LogP contribution is 2.36. The lowest BCUT2D eigenvalue weighted by atomic mass is 9.82. The standard InChI is InChI=1S/C15H13NO2/c1-16-14(17)12-8-4-2-6-10(12)11-7-3-5-9-13(11)15(16)18/h2-10,12H,1H3. The van der Waals surface area contributed by atoms with Crippen molar-refractivity contribution in [2.45, 2.75) is 5.92 Å². The van der Waals surface area contributed by atoms with Gasteiger partial charge in [0.05, 0.1) is 5.92 Å². The van der Waals surface area contributed by atoms with Crippen LogP contribution >= 0.6 is 0 Å². The predicted molar refractivity (Wildman–Crippen MR) is 68.1 cm³/mol. The Morgan fingerprint density at radius 3 is 2.44 bits per heavy atom. The van der Waals surface area contributed by atoms with Crippen LogP contribution in [0.25, 0.3) is 0 Å². The lowest BCUT2D eigenvalue weighted by Gasteiger charge is -2.22. The van der Waals surface area contributed by atoms with Crippen molar-refractivity contribution in [3.8, 4) is 0 Å². The Hall–Kier alpha value is -2.16. The van der Waals surface area contributed by atoms with Crippen LogP contribution in [0.15, 0.2) is 48.6 Å². The monoisotopic (exact) mass is 239 g/mol. The number of rotatable bonds is 0. The molecule has 0 saturated carbocycles. The summed E-state index contributed by atoms with van der Waals surface area (Å²) in [5, 5.41) is 0. The average Bonchev–Trinajstić information content (AvgIpc) is 2.51. The van der Waals surface area contributed by atoms with E-state index in [-0.39, 0.29) is 23.7 Å². The first-order valence-electron chi connectivity index (χ1n) is 5.96. The van der Waals surface area contributed by atoms with Crippen molar-refractivity contribution in [1.82, 2.24) is 4.90 Å². The fourth-order valence-corrected chi connectivity index (χ4v) is 2.63. The van der Waals surface area contributed by atoms with Gasteiger partial charge in [0.2, 0.25) is 5.91 Å². The summed E-state index contributed by atoms with van der Waals surface area (Å²) in [5.41, 5.74) is 1.56. The number of carbonyl (C=O) groups is 2. The number of fused-ring (bicyclic) bond motifs is 3. The lowest BCUT2D eigenvalue weighted by Crippen LogP contribution is -2.36. The van der Waals surface area contributed by atoms with Crippen molar-refractivity contribution in [3.05, 3.63) is 59.7 Å². The molecule has 90 valence electrons. The second-order valence-corrected chi connectivity index (χ2v) is 4.61. The molecule has 1 aromatic rings.